The van der Waals surface area contributed by atoms with Gasteiger partial charge in [0.15, 0.2) is 0 Å². The second-order valence-electron chi connectivity index (χ2n) is 4.94. The van der Waals surface area contributed by atoms with E-state index in [9.17, 15) is 20.1 Å². The Morgan fingerprint density at radius 3 is 2.57 bits per heavy atom. The molecule has 0 saturated carbocycles. The van der Waals surface area contributed by atoms with Crippen LogP contribution in [0.15, 0.2) is 10.7 Å². The van der Waals surface area contributed by atoms with E-state index in [-0.39, 0.29) is 16.9 Å². The van der Waals surface area contributed by atoms with E-state index in [1.165, 1.54) is 20.1 Å². The molecule has 1 aromatic heterocycles. The molecule has 8 heteroatoms. The molecule has 0 spiro atoms. The molecule has 1 saturated heterocycles. The third kappa shape index (κ3) is 2.94. The highest BCUT2D eigenvalue weighted by Gasteiger charge is 2.44. The van der Waals surface area contributed by atoms with Crippen LogP contribution in [0.25, 0.3) is 0 Å². The fourth-order valence-electron chi connectivity index (χ4n) is 2.17. The molecule has 0 bridgehead atoms. The lowest BCUT2D eigenvalue weighted by atomic mass is 10.00. The Morgan fingerprint density at radius 2 is 1.95 bits per heavy atom. The zero-order valence-electron chi connectivity index (χ0n) is 11.6. The van der Waals surface area contributed by atoms with Crippen LogP contribution in [0, 0.1) is 6.92 Å². The van der Waals surface area contributed by atoms with Crippen molar-refractivity contribution in [1.82, 2.24) is 0 Å². The van der Waals surface area contributed by atoms with Gasteiger partial charge in [-0.2, -0.15) is 0 Å². The molecule has 0 unspecified atom stereocenters. The van der Waals surface area contributed by atoms with E-state index >= 15 is 0 Å². The average molecular weight is 302 g/mol. The van der Waals surface area contributed by atoms with Crippen molar-refractivity contribution in [3.05, 3.63) is 23.2 Å². The first-order valence-electron chi connectivity index (χ1n) is 6.45. The molecule has 118 valence electrons. The van der Waals surface area contributed by atoms with E-state index in [4.69, 9.17) is 19.0 Å². The molecule has 1 fully saturated rings. The van der Waals surface area contributed by atoms with E-state index in [1.807, 2.05) is 0 Å². The first-order chi connectivity index (χ1) is 9.86. The fourth-order valence-corrected chi connectivity index (χ4v) is 2.17. The minimum Gasteiger partial charge on any atom is -0.468 e. The summed E-state index contributed by atoms with van der Waals surface area (Å²) in [7, 11) is 0. The summed E-state index contributed by atoms with van der Waals surface area (Å²) in [6.45, 7) is 2.59. The summed E-state index contributed by atoms with van der Waals surface area (Å²) in [5.74, 6) is -0.604. The summed E-state index contributed by atoms with van der Waals surface area (Å²) in [5.41, 5.74) is 0.290. The summed E-state index contributed by atoms with van der Waals surface area (Å²) >= 11 is 0. The van der Waals surface area contributed by atoms with E-state index < -0.39 is 43.3 Å². The maximum absolute atomic E-state index is 12.1. The van der Waals surface area contributed by atoms with Crippen LogP contribution in [0.2, 0.25) is 0 Å². The van der Waals surface area contributed by atoms with Crippen molar-refractivity contribution in [3.63, 3.8) is 0 Å². The number of furan rings is 1. The van der Waals surface area contributed by atoms with Gasteiger partial charge >= 0.3 is 5.97 Å². The van der Waals surface area contributed by atoms with Gasteiger partial charge in [-0.1, -0.05) is 0 Å². The van der Waals surface area contributed by atoms with Gasteiger partial charge in [-0.3, -0.25) is 0 Å². The number of hydrogen-bond donors (Lipinski definition) is 4. The van der Waals surface area contributed by atoms with E-state index in [0.29, 0.717) is 0 Å². The van der Waals surface area contributed by atoms with E-state index in [0.717, 1.165) is 0 Å². The normalized spacial score (nSPS) is 33.0. The molecule has 1 aromatic rings. The molecule has 0 aliphatic carbocycles. The Labute approximate surface area is 120 Å². The Morgan fingerprint density at radius 1 is 1.29 bits per heavy atom. The third-order valence-electron chi connectivity index (χ3n) is 3.46. The molecule has 4 N–H and O–H groups in total. The molecule has 5 atom stereocenters. The molecule has 1 aliphatic heterocycles. The molecule has 2 heterocycles. The molecule has 0 amide bonds. The second kappa shape index (κ2) is 6.12. The highest BCUT2D eigenvalue weighted by atomic mass is 16.7. The van der Waals surface area contributed by atoms with Crippen molar-refractivity contribution in [2.75, 3.05) is 0 Å². The van der Waals surface area contributed by atoms with Gasteiger partial charge in [0.05, 0.1) is 19.0 Å². The molecule has 2 rings (SSSR count). The number of ether oxygens (including phenoxy) is 2. The summed E-state index contributed by atoms with van der Waals surface area (Å²) in [6.07, 6.45) is -5.36. The molecular formula is C13H18O8. The van der Waals surface area contributed by atoms with Crippen LogP contribution in [-0.2, 0) is 16.1 Å². The highest BCUT2D eigenvalue weighted by molar-refractivity contribution is 5.92. The Hall–Kier alpha value is -1.45. The zero-order chi connectivity index (χ0) is 15.7. The highest BCUT2D eigenvalue weighted by Crippen LogP contribution is 2.24. The number of aliphatic hydroxyl groups is 4. The monoisotopic (exact) mass is 302 g/mol. The lowest BCUT2D eigenvalue weighted by molar-refractivity contribution is -0.276. The summed E-state index contributed by atoms with van der Waals surface area (Å²) in [6, 6.07) is 0. The third-order valence-corrected chi connectivity index (χ3v) is 3.46. The van der Waals surface area contributed by atoms with E-state index in [2.05, 4.69) is 0 Å². The number of aryl methyl sites for hydroxylation is 1. The minimum absolute atomic E-state index is 0.0431. The quantitative estimate of drug-likeness (QED) is 0.527. The van der Waals surface area contributed by atoms with Crippen molar-refractivity contribution in [3.8, 4) is 0 Å². The maximum Gasteiger partial charge on any atom is 0.344 e. The molecular weight excluding hydrogens is 284 g/mol. The average Bonchev–Trinajstić information content (AvgIpc) is 2.83. The number of rotatable bonds is 3. The van der Waals surface area contributed by atoms with E-state index in [1.54, 1.807) is 0 Å². The van der Waals surface area contributed by atoms with Crippen LogP contribution in [0.1, 0.15) is 28.6 Å². The Kier molecular flexibility index (Phi) is 4.64. The first kappa shape index (κ1) is 15.9. The molecule has 21 heavy (non-hydrogen) atoms. The standard InChI is InChI=1S/C13H18O8/c1-5-8(7(3-14)4-19-5)12(18)21-13-11(17)10(16)9(15)6(2)20-13/h4,6,9-11,13-17H,3H2,1-2H3/t6-,9-,10+,11+,13-/m0/s1. The molecule has 0 radical (unpaired) electrons. The van der Waals surface area contributed by atoms with Gasteiger partial charge in [-0.25, -0.2) is 4.79 Å². The fraction of sp³-hybridized carbons (Fsp3) is 0.615. The van der Waals surface area contributed by atoms with Crippen LogP contribution in [0.3, 0.4) is 0 Å². The van der Waals surface area contributed by atoms with Crippen LogP contribution >= 0.6 is 0 Å². The summed E-state index contributed by atoms with van der Waals surface area (Å²) < 4.78 is 15.2. The van der Waals surface area contributed by atoms with Crippen molar-refractivity contribution >= 4 is 5.97 Å². The SMILES string of the molecule is Cc1occ(CO)c1C(=O)O[C@@H]1O[C@@H](C)[C@H](O)[C@@H](O)[C@H]1O. The summed E-state index contributed by atoms with van der Waals surface area (Å²) in [4.78, 5) is 12.1. The topological polar surface area (TPSA) is 130 Å². The lowest BCUT2D eigenvalue weighted by Gasteiger charge is -2.38. The number of aliphatic hydroxyl groups excluding tert-OH is 4. The zero-order valence-corrected chi connectivity index (χ0v) is 11.6. The van der Waals surface area contributed by atoms with Crippen molar-refractivity contribution in [2.24, 2.45) is 0 Å². The number of carbonyl (C=O) groups is 1. The van der Waals surface area contributed by atoms with Gasteiger partial charge in [-0.05, 0) is 13.8 Å². The lowest BCUT2D eigenvalue weighted by Crippen LogP contribution is -2.57. The van der Waals surface area contributed by atoms with Crippen molar-refractivity contribution < 1.29 is 39.1 Å². The minimum atomic E-state index is -1.58. The predicted octanol–water partition coefficient (Wildman–Crippen LogP) is -0.935. The van der Waals surface area contributed by atoms with Gasteiger partial charge in [-0.15, -0.1) is 0 Å². The molecule has 0 aromatic carbocycles. The van der Waals surface area contributed by atoms with Gasteiger partial charge in [0.2, 0.25) is 6.29 Å². The van der Waals surface area contributed by atoms with Crippen molar-refractivity contribution in [1.29, 1.82) is 0 Å². The van der Waals surface area contributed by atoms with Gasteiger partial charge < -0.3 is 34.3 Å². The van der Waals surface area contributed by atoms with Crippen LogP contribution < -0.4 is 0 Å². The Bertz CT molecular complexity index is 510. The van der Waals surface area contributed by atoms with Crippen LogP contribution in [0.5, 0.6) is 0 Å². The summed E-state index contributed by atoms with van der Waals surface area (Å²) in [5, 5.41) is 38.1. The number of hydrogen-bond acceptors (Lipinski definition) is 8. The second-order valence-corrected chi connectivity index (χ2v) is 4.94. The van der Waals surface area contributed by atoms with Crippen molar-refractivity contribution in [2.45, 2.75) is 51.2 Å². The van der Waals surface area contributed by atoms with Gasteiger partial charge in [0.1, 0.15) is 29.6 Å². The largest absolute Gasteiger partial charge is 0.468 e. The number of carbonyl (C=O) groups excluding carboxylic acids is 1. The first-order valence-corrected chi connectivity index (χ1v) is 6.45. The number of esters is 1. The molecule has 1 aliphatic rings. The van der Waals surface area contributed by atoms with Gasteiger partial charge in [0.25, 0.3) is 0 Å². The van der Waals surface area contributed by atoms with Gasteiger partial charge in [0, 0.05) is 5.56 Å². The maximum atomic E-state index is 12.1. The van der Waals surface area contributed by atoms with Crippen LogP contribution in [-0.4, -0.2) is 57.1 Å². The Balaban J connectivity index is 2.14. The smallest absolute Gasteiger partial charge is 0.344 e. The molecule has 8 nitrogen and oxygen atoms in total. The van der Waals surface area contributed by atoms with Crippen LogP contribution in [0.4, 0.5) is 0 Å². The predicted molar refractivity (Wildman–Crippen MR) is 67.1 cm³/mol.